The van der Waals surface area contributed by atoms with E-state index in [1.165, 1.54) is 0 Å². The summed E-state index contributed by atoms with van der Waals surface area (Å²) >= 11 is 0. The molecule has 2 aliphatic heterocycles. The predicted molar refractivity (Wildman–Crippen MR) is 86.4 cm³/mol. The Bertz CT molecular complexity index is 573. The molecule has 1 unspecified atom stereocenters. The van der Waals surface area contributed by atoms with Crippen LogP contribution in [0, 0.1) is 5.92 Å². The standard InChI is InChI=1S/C16H24N4O3/c1-2-3-7-23-16-18-14(17)12-9-13(21)20(15(12)19-16)6-4-11-5-8-22-10-11/h11H,2-10H2,1H3,(H2,17,18,19). The molecule has 1 saturated heterocycles. The van der Waals surface area contributed by atoms with Gasteiger partial charge in [-0.05, 0) is 25.2 Å². The molecule has 1 atom stereocenters. The molecule has 126 valence electrons. The number of nitrogens with zero attached hydrogens (tertiary/aromatic N) is 3. The number of carbonyl (C=O) groups excluding carboxylic acids is 1. The van der Waals surface area contributed by atoms with Crippen molar-refractivity contribution >= 4 is 17.5 Å². The summed E-state index contributed by atoms with van der Waals surface area (Å²) in [6.07, 6.45) is 4.23. The molecule has 0 saturated carbocycles. The average molecular weight is 320 g/mol. The first-order chi connectivity index (χ1) is 11.2. The number of ether oxygens (including phenoxy) is 2. The lowest BCUT2D eigenvalue weighted by Crippen LogP contribution is -2.29. The molecule has 0 aromatic carbocycles. The van der Waals surface area contributed by atoms with Gasteiger partial charge in [-0.25, -0.2) is 0 Å². The highest BCUT2D eigenvalue weighted by molar-refractivity contribution is 6.01. The summed E-state index contributed by atoms with van der Waals surface area (Å²) in [4.78, 5) is 22.6. The smallest absolute Gasteiger partial charge is 0.320 e. The summed E-state index contributed by atoms with van der Waals surface area (Å²) in [6, 6.07) is 0.263. The van der Waals surface area contributed by atoms with E-state index in [0.717, 1.165) is 44.5 Å². The molecule has 3 heterocycles. The highest BCUT2D eigenvalue weighted by Gasteiger charge is 2.32. The van der Waals surface area contributed by atoms with Crippen LogP contribution in [-0.4, -0.2) is 42.2 Å². The zero-order valence-corrected chi connectivity index (χ0v) is 13.6. The lowest BCUT2D eigenvalue weighted by Gasteiger charge is -2.18. The molecule has 0 aliphatic carbocycles. The van der Waals surface area contributed by atoms with Crippen molar-refractivity contribution in [1.29, 1.82) is 0 Å². The van der Waals surface area contributed by atoms with Crippen molar-refractivity contribution in [1.82, 2.24) is 9.97 Å². The topological polar surface area (TPSA) is 90.6 Å². The number of nitrogens with two attached hydrogens (primary N) is 1. The summed E-state index contributed by atoms with van der Waals surface area (Å²) < 4.78 is 10.9. The van der Waals surface area contributed by atoms with Crippen LogP contribution in [0.1, 0.15) is 38.2 Å². The normalized spacial score (nSPS) is 20.1. The first kappa shape index (κ1) is 16.0. The van der Waals surface area contributed by atoms with Crippen LogP contribution < -0.4 is 15.4 Å². The van der Waals surface area contributed by atoms with Crippen LogP contribution in [0.15, 0.2) is 0 Å². The predicted octanol–water partition coefficient (Wildman–Crippen LogP) is 1.55. The fraction of sp³-hybridized carbons (Fsp3) is 0.688. The summed E-state index contributed by atoms with van der Waals surface area (Å²) in [5.74, 6) is 1.52. The Hall–Kier alpha value is -1.89. The van der Waals surface area contributed by atoms with E-state index < -0.39 is 0 Å². The van der Waals surface area contributed by atoms with E-state index in [-0.39, 0.29) is 18.3 Å². The molecule has 1 aromatic heterocycles. The number of carbonyl (C=O) groups is 1. The van der Waals surface area contributed by atoms with E-state index in [9.17, 15) is 4.79 Å². The molecule has 1 amide bonds. The minimum absolute atomic E-state index is 0.0330. The zero-order chi connectivity index (χ0) is 16.2. The third-order valence-electron chi connectivity index (χ3n) is 4.40. The summed E-state index contributed by atoms with van der Waals surface area (Å²) in [7, 11) is 0. The lowest BCUT2D eigenvalue weighted by molar-refractivity contribution is -0.117. The van der Waals surface area contributed by atoms with Crippen LogP contribution >= 0.6 is 0 Å². The third kappa shape index (κ3) is 3.55. The number of amides is 1. The number of nitrogen functional groups attached to an aromatic ring is 1. The van der Waals surface area contributed by atoms with E-state index >= 15 is 0 Å². The lowest BCUT2D eigenvalue weighted by atomic mass is 10.1. The van der Waals surface area contributed by atoms with Crippen molar-refractivity contribution in [2.24, 2.45) is 5.92 Å². The van der Waals surface area contributed by atoms with E-state index in [4.69, 9.17) is 15.2 Å². The van der Waals surface area contributed by atoms with Crippen molar-refractivity contribution in [2.45, 2.75) is 39.0 Å². The van der Waals surface area contributed by atoms with Crippen molar-refractivity contribution < 1.29 is 14.3 Å². The molecule has 23 heavy (non-hydrogen) atoms. The quantitative estimate of drug-likeness (QED) is 0.767. The largest absolute Gasteiger partial charge is 0.463 e. The van der Waals surface area contributed by atoms with Crippen LogP contribution in [0.25, 0.3) is 0 Å². The second-order valence-electron chi connectivity index (χ2n) is 6.14. The number of aromatic nitrogens is 2. The Balaban J connectivity index is 1.72. The Kier molecular flexibility index (Phi) is 4.95. The Morgan fingerprint density at radius 3 is 3.04 bits per heavy atom. The number of hydrogen-bond acceptors (Lipinski definition) is 6. The molecule has 0 bridgehead atoms. The number of hydrogen-bond donors (Lipinski definition) is 1. The van der Waals surface area contributed by atoms with Gasteiger partial charge in [-0.3, -0.25) is 9.69 Å². The van der Waals surface area contributed by atoms with Crippen molar-refractivity contribution in [2.75, 3.05) is 37.0 Å². The van der Waals surface area contributed by atoms with Crippen LogP contribution in [0.4, 0.5) is 11.6 Å². The molecule has 1 aromatic rings. The fourth-order valence-corrected chi connectivity index (χ4v) is 2.95. The summed E-state index contributed by atoms with van der Waals surface area (Å²) in [5.41, 5.74) is 6.71. The van der Waals surface area contributed by atoms with Gasteiger partial charge < -0.3 is 15.2 Å². The molecular weight excluding hydrogens is 296 g/mol. The van der Waals surface area contributed by atoms with Crippen molar-refractivity contribution in [3.8, 4) is 6.01 Å². The minimum Gasteiger partial charge on any atom is -0.463 e. The molecule has 2 aliphatic rings. The van der Waals surface area contributed by atoms with E-state index in [1.54, 1.807) is 4.90 Å². The molecule has 7 heteroatoms. The van der Waals surface area contributed by atoms with Gasteiger partial charge in [0.25, 0.3) is 0 Å². The second-order valence-corrected chi connectivity index (χ2v) is 6.14. The van der Waals surface area contributed by atoms with E-state index in [0.29, 0.717) is 30.7 Å². The Morgan fingerprint density at radius 1 is 1.43 bits per heavy atom. The van der Waals surface area contributed by atoms with Gasteiger partial charge in [0.05, 0.1) is 13.0 Å². The molecular formula is C16H24N4O3. The second kappa shape index (κ2) is 7.12. The highest BCUT2D eigenvalue weighted by atomic mass is 16.5. The molecule has 0 radical (unpaired) electrons. The SMILES string of the molecule is CCCCOc1nc(N)c2c(n1)N(CCC1CCOC1)C(=O)C2. The first-order valence-corrected chi connectivity index (χ1v) is 8.36. The molecule has 2 N–H and O–H groups in total. The Labute approximate surface area is 136 Å². The van der Waals surface area contributed by atoms with Gasteiger partial charge >= 0.3 is 6.01 Å². The van der Waals surface area contributed by atoms with Crippen LogP contribution in [-0.2, 0) is 16.0 Å². The average Bonchev–Trinajstić information content (AvgIpc) is 3.14. The molecule has 3 rings (SSSR count). The van der Waals surface area contributed by atoms with Crippen molar-refractivity contribution in [3.05, 3.63) is 5.56 Å². The van der Waals surface area contributed by atoms with Crippen LogP contribution in [0.2, 0.25) is 0 Å². The van der Waals surface area contributed by atoms with Crippen molar-refractivity contribution in [3.63, 3.8) is 0 Å². The van der Waals surface area contributed by atoms with Gasteiger partial charge in [0.2, 0.25) is 5.91 Å². The van der Waals surface area contributed by atoms with Crippen LogP contribution in [0.5, 0.6) is 6.01 Å². The maximum atomic E-state index is 12.3. The van der Waals surface area contributed by atoms with Gasteiger partial charge in [-0.2, -0.15) is 9.97 Å². The number of anilines is 2. The maximum Gasteiger partial charge on any atom is 0.320 e. The molecule has 7 nitrogen and oxygen atoms in total. The summed E-state index contributed by atoms with van der Waals surface area (Å²) in [6.45, 7) is 4.90. The van der Waals surface area contributed by atoms with E-state index in [1.807, 2.05) is 0 Å². The molecule has 1 fully saturated rings. The van der Waals surface area contributed by atoms with Gasteiger partial charge in [0.15, 0.2) is 0 Å². The number of unbranched alkanes of at least 4 members (excludes halogenated alkanes) is 1. The Morgan fingerprint density at radius 2 is 2.30 bits per heavy atom. The first-order valence-electron chi connectivity index (χ1n) is 8.36. The monoisotopic (exact) mass is 320 g/mol. The third-order valence-corrected chi connectivity index (χ3v) is 4.40. The number of fused-ring (bicyclic) bond motifs is 1. The number of rotatable bonds is 7. The van der Waals surface area contributed by atoms with Crippen LogP contribution in [0.3, 0.4) is 0 Å². The van der Waals surface area contributed by atoms with Gasteiger partial charge in [-0.15, -0.1) is 0 Å². The zero-order valence-electron chi connectivity index (χ0n) is 13.6. The molecule has 0 spiro atoms. The maximum absolute atomic E-state index is 12.3. The van der Waals surface area contributed by atoms with E-state index in [2.05, 4.69) is 16.9 Å². The van der Waals surface area contributed by atoms with Gasteiger partial charge in [0.1, 0.15) is 11.6 Å². The van der Waals surface area contributed by atoms with Gasteiger partial charge in [-0.1, -0.05) is 13.3 Å². The van der Waals surface area contributed by atoms with Gasteiger partial charge in [0, 0.05) is 25.3 Å². The summed E-state index contributed by atoms with van der Waals surface area (Å²) in [5, 5.41) is 0. The fourth-order valence-electron chi connectivity index (χ4n) is 2.95. The highest BCUT2D eigenvalue weighted by Crippen LogP contribution is 2.32. The minimum atomic E-state index is 0.0330.